The summed E-state index contributed by atoms with van der Waals surface area (Å²) in [6, 6.07) is 2.67. The molecule has 0 saturated carbocycles. The molecule has 0 atom stereocenters. The summed E-state index contributed by atoms with van der Waals surface area (Å²) in [6.45, 7) is 4.52. The zero-order chi connectivity index (χ0) is 13.7. The van der Waals surface area contributed by atoms with E-state index in [0.29, 0.717) is 18.8 Å². The number of primary amides is 1. The molecule has 0 heterocycles. The van der Waals surface area contributed by atoms with E-state index < -0.39 is 11.7 Å². The van der Waals surface area contributed by atoms with Crippen LogP contribution in [0.4, 0.5) is 15.8 Å². The van der Waals surface area contributed by atoms with Gasteiger partial charge in [0, 0.05) is 18.7 Å². The first-order valence-electron chi connectivity index (χ1n) is 5.74. The number of nitrogen functional groups attached to an aromatic ring is 1. The summed E-state index contributed by atoms with van der Waals surface area (Å²) in [5.41, 5.74) is 11.7. The van der Waals surface area contributed by atoms with Gasteiger partial charge in [-0.2, -0.15) is 0 Å². The third kappa shape index (κ3) is 3.26. The molecular weight excluding hydrogens is 237 g/mol. The van der Waals surface area contributed by atoms with Crippen LogP contribution in [-0.4, -0.2) is 25.6 Å². The van der Waals surface area contributed by atoms with Gasteiger partial charge >= 0.3 is 0 Å². The fourth-order valence-electron chi connectivity index (χ4n) is 1.65. The van der Waals surface area contributed by atoms with Crippen molar-refractivity contribution in [3.05, 3.63) is 17.9 Å². The van der Waals surface area contributed by atoms with Crippen molar-refractivity contribution in [1.82, 2.24) is 0 Å². The van der Waals surface area contributed by atoms with Crippen LogP contribution in [0.15, 0.2) is 12.1 Å². The topological polar surface area (TPSA) is 81.6 Å². The minimum atomic E-state index is -0.520. The molecule has 0 bridgehead atoms. The van der Waals surface area contributed by atoms with Gasteiger partial charge < -0.3 is 21.1 Å². The van der Waals surface area contributed by atoms with Gasteiger partial charge in [-0.3, -0.25) is 4.79 Å². The van der Waals surface area contributed by atoms with E-state index in [-0.39, 0.29) is 18.0 Å². The van der Waals surface area contributed by atoms with Gasteiger partial charge in [-0.15, -0.1) is 0 Å². The van der Waals surface area contributed by atoms with E-state index in [1.54, 1.807) is 11.8 Å². The Kier molecular flexibility index (Phi) is 4.76. The summed E-state index contributed by atoms with van der Waals surface area (Å²) in [4.78, 5) is 12.6. The van der Waals surface area contributed by atoms with Gasteiger partial charge in [-0.1, -0.05) is 0 Å². The predicted molar refractivity (Wildman–Crippen MR) is 69.1 cm³/mol. The van der Waals surface area contributed by atoms with Crippen LogP contribution in [0.25, 0.3) is 0 Å². The SMILES string of the molecule is CCOc1cc(N(CC)CC(N)=O)c(N)cc1F. The standard InChI is InChI=1S/C12H18FN3O2/c1-3-16(7-12(15)17)10-6-11(18-4-2)8(13)5-9(10)14/h5-6H,3-4,7,14H2,1-2H3,(H2,15,17). The maximum absolute atomic E-state index is 13.5. The van der Waals surface area contributed by atoms with Gasteiger partial charge in [-0.05, 0) is 13.8 Å². The molecule has 1 aromatic carbocycles. The van der Waals surface area contributed by atoms with Crippen LogP contribution in [0.1, 0.15) is 13.8 Å². The molecule has 100 valence electrons. The Bertz CT molecular complexity index is 438. The maximum atomic E-state index is 13.5. The Balaban J connectivity index is 3.12. The highest BCUT2D eigenvalue weighted by Crippen LogP contribution is 2.30. The maximum Gasteiger partial charge on any atom is 0.236 e. The largest absolute Gasteiger partial charge is 0.491 e. The molecule has 1 amide bonds. The van der Waals surface area contributed by atoms with Crippen LogP contribution in [0.2, 0.25) is 0 Å². The van der Waals surface area contributed by atoms with Gasteiger partial charge in [0.15, 0.2) is 11.6 Å². The van der Waals surface area contributed by atoms with Crippen molar-refractivity contribution in [3.8, 4) is 5.75 Å². The van der Waals surface area contributed by atoms with Gasteiger partial charge in [-0.25, -0.2) is 4.39 Å². The van der Waals surface area contributed by atoms with E-state index in [2.05, 4.69) is 0 Å². The zero-order valence-corrected chi connectivity index (χ0v) is 10.6. The molecule has 0 spiro atoms. The van der Waals surface area contributed by atoms with Crippen molar-refractivity contribution < 1.29 is 13.9 Å². The van der Waals surface area contributed by atoms with Gasteiger partial charge in [0.25, 0.3) is 0 Å². The van der Waals surface area contributed by atoms with Gasteiger partial charge in [0.1, 0.15) is 0 Å². The summed E-state index contributed by atoms with van der Waals surface area (Å²) < 4.78 is 18.7. The number of rotatable bonds is 6. The van der Waals surface area contributed by atoms with Crippen LogP contribution in [0.5, 0.6) is 5.75 Å². The molecule has 0 aliphatic rings. The smallest absolute Gasteiger partial charge is 0.236 e. The third-order valence-electron chi connectivity index (χ3n) is 2.45. The molecular formula is C12H18FN3O2. The number of amides is 1. The molecule has 0 unspecified atom stereocenters. The van der Waals surface area contributed by atoms with Crippen molar-refractivity contribution in [1.29, 1.82) is 0 Å². The van der Waals surface area contributed by atoms with Gasteiger partial charge in [0.05, 0.1) is 24.5 Å². The molecule has 1 rings (SSSR count). The number of ether oxygens (including phenoxy) is 1. The average molecular weight is 255 g/mol. The fraction of sp³-hybridized carbons (Fsp3) is 0.417. The normalized spacial score (nSPS) is 10.2. The fourth-order valence-corrected chi connectivity index (χ4v) is 1.65. The summed E-state index contributed by atoms with van der Waals surface area (Å²) in [5, 5.41) is 0. The number of nitrogens with zero attached hydrogens (tertiary/aromatic N) is 1. The van der Waals surface area contributed by atoms with E-state index in [4.69, 9.17) is 16.2 Å². The van der Waals surface area contributed by atoms with Crippen molar-refractivity contribution in [3.63, 3.8) is 0 Å². The second kappa shape index (κ2) is 6.09. The Hall–Kier alpha value is -1.98. The monoisotopic (exact) mass is 255 g/mol. The predicted octanol–water partition coefficient (Wildman–Crippen LogP) is 1.12. The average Bonchev–Trinajstić information content (AvgIpc) is 2.30. The van der Waals surface area contributed by atoms with Crippen LogP contribution < -0.4 is 21.1 Å². The Morgan fingerprint density at radius 2 is 2.11 bits per heavy atom. The van der Waals surface area contributed by atoms with E-state index >= 15 is 0 Å². The van der Waals surface area contributed by atoms with Crippen molar-refractivity contribution in [2.24, 2.45) is 5.73 Å². The van der Waals surface area contributed by atoms with Crippen molar-refractivity contribution in [2.75, 3.05) is 30.3 Å². The lowest BCUT2D eigenvalue weighted by Gasteiger charge is -2.23. The lowest BCUT2D eigenvalue weighted by Crippen LogP contribution is -2.34. The number of hydrogen-bond acceptors (Lipinski definition) is 4. The summed E-state index contributed by atoms with van der Waals surface area (Å²) in [6.07, 6.45) is 0. The molecule has 0 aliphatic carbocycles. The molecule has 5 nitrogen and oxygen atoms in total. The number of halogens is 1. The van der Waals surface area contributed by atoms with E-state index in [1.807, 2.05) is 6.92 Å². The Morgan fingerprint density at radius 1 is 1.44 bits per heavy atom. The molecule has 6 heteroatoms. The van der Waals surface area contributed by atoms with E-state index in [0.717, 1.165) is 0 Å². The summed E-state index contributed by atoms with van der Waals surface area (Å²) >= 11 is 0. The lowest BCUT2D eigenvalue weighted by atomic mass is 10.2. The number of anilines is 2. The molecule has 0 radical (unpaired) electrons. The molecule has 0 fully saturated rings. The minimum Gasteiger partial charge on any atom is -0.491 e. The Morgan fingerprint density at radius 3 is 2.61 bits per heavy atom. The summed E-state index contributed by atoms with van der Waals surface area (Å²) in [7, 11) is 0. The second-order valence-corrected chi connectivity index (χ2v) is 3.75. The first kappa shape index (κ1) is 14.1. The van der Waals surface area contributed by atoms with Crippen molar-refractivity contribution in [2.45, 2.75) is 13.8 Å². The first-order valence-corrected chi connectivity index (χ1v) is 5.74. The highest BCUT2D eigenvalue weighted by atomic mass is 19.1. The van der Waals surface area contributed by atoms with Crippen LogP contribution in [0, 0.1) is 5.82 Å². The quantitative estimate of drug-likeness (QED) is 0.746. The number of carbonyl (C=O) groups excluding carboxylic acids is 1. The van der Waals surface area contributed by atoms with Crippen LogP contribution in [-0.2, 0) is 4.79 Å². The van der Waals surface area contributed by atoms with Gasteiger partial charge in [0.2, 0.25) is 5.91 Å². The third-order valence-corrected chi connectivity index (χ3v) is 2.45. The molecule has 0 aromatic heterocycles. The minimum absolute atomic E-state index is 0.0257. The Labute approximate surface area is 106 Å². The number of likely N-dealkylation sites (N-methyl/N-ethyl adjacent to an activating group) is 1. The number of nitrogens with two attached hydrogens (primary N) is 2. The molecule has 0 saturated heterocycles. The van der Waals surface area contributed by atoms with Crippen LogP contribution in [0.3, 0.4) is 0 Å². The molecule has 18 heavy (non-hydrogen) atoms. The van der Waals surface area contributed by atoms with Crippen molar-refractivity contribution >= 4 is 17.3 Å². The molecule has 1 aromatic rings. The second-order valence-electron chi connectivity index (χ2n) is 3.75. The number of benzene rings is 1. The number of carbonyl (C=O) groups is 1. The highest BCUT2D eigenvalue weighted by Gasteiger charge is 2.15. The molecule has 4 N–H and O–H groups in total. The first-order chi connectivity index (χ1) is 8.49. The molecule has 0 aliphatic heterocycles. The zero-order valence-electron chi connectivity index (χ0n) is 10.6. The summed E-state index contributed by atoms with van der Waals surface area (Å²) in [5.74, 6) is -0.878. The van der Waals surface area contributed by atoms with E-state index in [1.165, 1.54) is 12.1 Å². The van der Waals surface area contributed by atoms with E-state index in [9.17, 15) is 9.18 Å². The highest BCUT2D eigenvalue weighted by molar-refractivity contribution is 5.82. The van der Waals surface area contributed by atoms with Crippen LogP contribution >= 0.6 is 0 Å². The number of hydrogen-bond donors (Lipinski definition) is 2. The lowest BCUT2D eigenvalue weighted by molar-refractivity contribution is -0.116.